The second kappa shape index (κ2) is 10.1. The summed E-state index contributed by atoms with van der Waals surface area (Å²) in [5.74, 6) is 2.13. The minimum absolute atomic E-state index is 0.207. The molecule has 2 aromatic heterocycles. The highest BCUT2D eigenvalue weighted by molar-refractivity contribution is 6.30. The van der Waals surface area contributed by atoms with E-state index in [1.165, 1.54) is 5.56 Å². The van der Waals surface area contributed by atoms with Gasteiger partial charge in [0.2, 0.25) is 0 Å². The smallest absolute Gasteiger partial charge is 0.275 e. The summed E-state index contributed by atoms with van der Waals surface area (Å²) in [7, 11) is 0. The van der Waals surface area contributed by atoms with Gasteiger partial charge in [0, 0.05) is 35.7 Å². The normalized spacial score (nSPS) is 22.8. The molecule has 2 aromatic carbocycles. The van der Waals surface area contributed by atoms with Crippen LogP contribution in [-0.4, -0.2) is 45.2 Å². The van der Waals surface area contributed by atoms with Crippen molar-refractivity contribution >= 4 is 22.6 Å². The molecule has 0 saturated carbocycles. The Morgan fingerprint density at radius 1 is 1.10 bits per heavy atom. The van der Waals surface area contributed by atoms with Crippen LogP contribution in [0.15, 0.2) is 54.7 Å². The van der Waals surface area contributed by atoms with Gasteiger partial charge >= 0.3 is 0 Å². The van der Waals surface area contributed by atoms with Gasteiger partial charge in [0.15, 0.2) is 11.5 Å². The highest BCUT2D eigenvalue weighted by Crippen LogP contribution is 2.49. The van der Waals surface area contributed by atoms with Gasteiger partial charge in [-0.05, 0) is 68.6 Å². The zero-order valence-electron chi connectivity index (χ0n) is 22.3. The summed E-state index contributed by atoms with van der Waals surface area (Å²) in [6, 6.07) is 17.8. The van der Waals surface area contributed by atoms with Gasteiger partial charge in [0.1, 0.15) is 17.6 Å². The molecule has 9 heteroatoms. The zero-order valence-corrected chi connectivity index (χ0v) is 23.1. The predicted molar refractivity (Wildman–Crippen MR) is 150 cm³/mol. The first-order valence-electron chi connectivity index (χ1n) is 13.9. The lowest BCUT2D eigenvalue weighted by molar-refractivity contribution is -0.0685. The van der Waals surface area contributed by atoms with E-state index in [0.717, 1.165) is 86.0 Å². The van der Waals surface area contributed by atoms with Gasteiger partial charge < -0.3 is 18.8 Å². The molecule has 7 rings (SSSR count). The number of hydrogen-bond donors (Lipinski definition) is 0. The summed E-state index contributed by atoms with van der Waals surface area (Å²) in [6.45, 7) is 6.18. The van der Waals surface area contributed by atoms with Crippen LogP contribution in [-0.2, 0) is 23.6 Å². The van der Waals surface area contributed by atoms with Crippen molar-refractivity contribution in [3.8, 4) is 17.6 Å². The van der Waals surface area contributed by atoms with Crippen LogP contribution < -0.4 is 9.47 Å². The van der Waals surface area contributed by atoms with Crippen molar-refractivity contribution < 1.29 is 14.2 Å². The molecule has 2 saturated heterocycles. The number of aromatic nitrogens is 3. The fraction of sp³-hybridized carbons (Fsp3) is 0.387. The van der Waals surface area contributed by atoms with Gasteiger partial charge in [-0.2, -0.15) is 5.26 Å². The second-order valence-corrected chi connectivity index (χ2v) is 11.4. The number of rotatable bonds is 6. The van der Waals surface area contributed by atoms with Crippen LogP contribution in [0.25, 0.3) is 11.0 Å². The molecule has 40 heavy (non-hydrogen) atoms. The van der Waals surface area contributed by atoms with Crippen molar-refractivity contribution in [1.82, 2.24) is 19.4 Å². The minimum atomic E-state index is -0.882. The lowest BCUT2D eigenvalue weighted by Gasteiger charge is -2.33. The van der Waals surface area contributed by atoms with E-state index in [-0.39, 0.29) is 6.10 Å². The number of ether oxygens (including phenoxy) is 3. The van der Waals surface area contributed by atoms with Crippen molar-refractivity contribution in [3.63, 3.8) is 0 Å². The molecule has 1 unspecified atom stereocenters. The summed E-state index contributed by atoms with van der Waals surface area (Å²) < 4.78 is 20.8. The van der Waals surface area contributed by atoms with Gasteiger partial charge in [0.05, 0.1) is 36.4 Å². The Kier molecular flexibility index (Phi) is 6.38. The molecule has 3 aliphatic heterocycles. The fourth-order valence-corrected chi connectivity index (χ4v) is 6.16. The van der Waals surface area contributed by atoms with E-state index in [1.807, 2.05) is 37.3 Å². The first-order valence-corrected chi connectivity index (χ1v) is 14.2. The van der Waals surface area contributed by atoms with Gasteiger partial charge in [-0.1, -0.05) is 23.7 Å². The van der Waals surface area contributed by atoms with Crippen LogP contribution in [0.2, 0.25) is 5.02 Å². The Morgan fingerprint density at radius 3 is 2.62 bits per heavy atom. The summed E-state index contributed by atoms with van der Waals surface area (Å²) in [5, 5.41) is 9.99. The molecule has 0 spiro atoms. The van der Waals surface area contributed by atoms with Crippen molar-refractivity contribution in [2.24, 2.45) is 0 Å². The third-order valence-corrected chi connectivity index (χ3v) is 8.63. The largest absolute Gasteiger partial charge is 0.445 e. The van der Waals surface area contributed by atoms with Crippen molar-refractivity contribution in [3.05, 3.63) is 82.4 Å². The summed E-state index contributed by atoms with van der Waals surface area (Å²) in [6.07, 6.45) is 5.06. The standard InChI is InChI=1S/C31H30ClN5O3/c1-31(21-5-7-22(32)8-6-21)39-28-4-2-3-25(30(28)40-31)20-9-12-36(13-10-20)19-29-35-26-15-23(16-33)34-17-27(26)37(29)18-24-11-14-38-24/h2-8,15,17,20,24H,9-14,18-19H2,1H3/t24-,31?/m0/s1. The van der Waals surface area contributed by atoms with E-state index in [2.05, 4.69) is 32.7 Å². The third-order valence-electron chi connectivity index (χ3n) is 8.38. The van der Waals surface area contributed by atoms with E-state index in [9.17, 15) is 5.26 Å². The summed E-state index contributed by atoms with van der Waals surface area (Å²) in [5.41, 5.74) is 4.30. The van der Waals surface area contributed by atoms with E-state index < -0.39 is 5.79 Å². The van der Waals surface area contributed by atoms with Crippen LogP contribution in [0, 0.1) is 11.3 Å². The number of hydrogen-bond acceptors (Lipinski definition) is 7. The van der Waals surface area contributed by atoms with Gasteiger partial charge in [-0.25, -0.2) is 9.97 Å². The van der Waals surface area contributed by atoms with Gasteiger partial charge in [-0.3, -0.25) is 4.90 Å². The van der Waals surface area contributed by atoms with Crippen molar-refractivity contribution in [2.45, 2.75) is 57.1 Å². The maximum absolute atomic E-state index is 9.30. The summed E-state index contributed by atoms with van der Waals surface area (Å²) >= 11 is 6.10. The molecule has 2 atom stereocenters. The average Bonchev–Trinajstić information content (AvgIpc) is 3.47. The van der Waals surface area contributed by atoms with Crippen molar-refractivity contribution in [1.29, 1.82) is 5.26 Å². The van der Waals surface area contributed by atoms with Crippen LogP contribution >= 0.6 is 11.6 Å². The zero-order chi connectivity index (χ0) is 27.3. The molecule has 0 radical (unpaired) electrons. The van der Waals surface area contributed by atoms with Crippen LogP contribution in [0.3, 0.4) is 0 Å². The molecule has 0 bridgehead atoms. The molecule has 8 nitrogen and oxygen atoms in total. The molecule has 3 aliphatic rings. The maximum Gasteiger partial charge on any atom is 0.275 e. The molecule has 2 fully saturated rings. The topological polar surface area (TPSA) is 85.4 Å². The Labute approximate surface area is 238 Å². The van der Waals surface area contributed by atoms with Crippen LogP contribution in [0.5, 0.6) is 11.5 Å². The molecule has 4 aromatic rings. The molecule has 0 amide bonds. The molecular formula is C31H30ClN5O3. The van der Waals surface area contributed by atoms with E-state index in [1.54, 1.807) is 12.3 Å². The maximum atomic E-state index is 9.30. The lowest BCUT2D eigenvalue weighted by atomic mass is 9.88. The number of likely N-dealkylation sites (tertiary alicyclic amines) is 1. The fourth-order valence-electron chi connectivity index (χ4n) is 6.03. The molecular weight excluding hydrogens is 526 g/mol. The molecule has 0 N–H and O–H groups in total. The van der Waals surface area contributed by atoms with E-state index >= 15 is 0 Å². The van der Waals surface area contributed by atoms with Gasteiger partial charge in [-0.15, -0.1) is 0 Å². The number of fused-ring (bicyclic) bond motifs is 2. The Balaban J connectivity index is 1.07. The number of pyridine rings is 1. The Morgan fingerprint density at radius 2 is 1.90 bits per heavy atom. The monoisotopic (exact) mass is 555 g/mol. The second-order valence-electron chi connectivity index (χ2n) is 11.0. The Bertz CT molecular complexity index is 1600. The number of nitriles is 1. The number of piperidine rings is 1. The van der Waals surface area contributed by atoms with Crippen LogP contribution in [0.4, 0.5) is 0 Å². The molecule has 204 valence electrons. The minimum Gasteiger partial charge on any atom is -0.445 e. The number of para-hydroxylation sites is 1. The quantitative estimate of drug-likeness (QED) is 0.298. The SMILES string of the molecule is CC1(c2ccc(Cl)cc2)Oc2cccc(C3CCN(Cc4nc5cc(C#N)ncc5n4C[C@@H]4CCO4)CC3)c2O1. The van der Waals surface area contributed by atoms with Gasteiger partial charge in [0.25, 0.3) is 5.79 Å². The van der Waals surface area contributed by atoms with Crippen molar-refractivity contribution in [2.75, 3.05) is 19.7 Å². The van der Waals surface area contributed by atoms with E-state index in [4.69, 9.17) is 30.8 Å². The predicted octanol–water partition coefficient (Wildman–Crippen LogP) is 5.77. The Hall–Kier alpha value is -3.64. The number of imidazole rings is 1. The number of nitrogens with zero attached hydrogens (tertiary/aromatic N) is 5. The third kappa shape index (κ3) is 4.58. The number of benzene rings is 2. The first kappa shape index (κ1) is 25.3. The number of halogens is 1. The van der Waals surface area contributed by atoms with E-state index in [0.29, 0.717) is 16.6 Å². The molecule has 0 aliphatic carbocycles. The average molecular weight is 556 g/mol. The van der Waals surface area contributed by atoms with Crippen LogP contribution in [0.1, 0.15) is 54.7 Å². The highest BCUT2D eigenvalue weighted by atomic mass is 35.5. The summed E-state index contributed by atoms with van der Waals surface area (Å²) in [4.78, 5) is 11.7. The lowest BCUT2D eigenvalue weighted by Crippen LogP contribution is -2.35. The first-order chi connectivity index (χ1) is 19.5. The molecule has 5 heterocycles. The highest BCUT2D eigenvalue weighted by Gasteiger charge is 2.41.